The Morgan fingerprint density at radius 2 is 1.61 bits per heavy atom. The third-order valence-electron chi connectivity index (χ3n) is 5.07. The van der Waals surface area contributed by atoms with Gasteiger partial charge in [-0.25, -0.2) is 26.8 Å². The molecule has 1 aliphatic heterocycles. The van der Waals surface area contributed by atoms with Crippen LogP contribution in [0.4, 0.5) is 10.3 Å². The number of nitrogens with one attached hydrogen (secondary N) is 1. The van der Waals surface area contributed by atoms with Crippen LogP contribution in [0, 0.1) is 5.82 Å². The number of nitrogens with zero attached hydrogens (tertiary/aromatic N) is 4. The van der Waals surface area contributed by atoms with E-state index in [1.54, 1.807) is 59.5 Å². The van der Waals surface area contributed by atoms with Crippen LogP contribution in [0.25, 0.3) is 22.5 Å². The lowest BCUT2D eigenvalue weighted by molar-refractivity contribution is 0.585. The molecule has 5 rings (SSSR count). The van der Waals surface area contributed by atoms with Gasteiger partial charge in [0.15, 0.2) is 0 Å². The fourth-order valence-electron chi connectivity index (χ4n) is 3.62. The molecule has 0 saturated heterocycles. The summed E-state index contributed by atoms with van der Waals surface area (Å²) in [7, 11) is -3.81. The van der Waals surface area contributed by atoms with Gasteiger partial charge in [0.1, 0.15) is 11.5 Å². The van der Waals surface area contributed by atoms with E-state index in [2.05, 4.69) is 10.4 Å². The molecular weight excluding hydrogens is 417 g/mol. The van der Waals surface area contributed by atoms with Crippen molar-refractivity contribution in [1.82, 2.24) is 14.6 Å². The summed E-state index contributed by atoms with van der Waals surface area (Å²) in [6.07, 6.45) is 3.32. The van der Waals surface area contributed by atoms with Gasteiger partial charge in [-0.05, 0) is 48.5 Å². The zero-order valence-electron chi connectivity index (χ0n) is 16.3. The van der Waals surface area contributed by atoms with Crippen molar-refractivity contribution >= 4 is 16.0 Å². The fraction of sp³-hybridized carbons (Fsp3) is 0.0909. The SMILES string of the molecule is O=S(=O)(c1ccccc1)N1CCNn2c1nc(-c1ccc(F)cc1)c2-c1ccncc1. The Labute approximate surface area is 178 Å². The van der Waals surface area contributed by atoms with Gasteiger partial charge < -0.3 is 5.43 Å². The van der Waals surface area contributed by atoms with Gasteiger partial charge in [-0.3, -0.25) is 4.98 Å². The first-order chi connectivity index (χ1) is 15.1. The summed E-state index contributed by atoms with van der Waals surface area (Å²) < 4.78 is 43.3. The molecule has 0 aliphatic carbocycles. The number of rotatable bonds is 4. The first kappa shape index (κ1) is 19.3. The van der Waals surface area contributed by atoms with E-state index in [0.717, 1.165) is 5.56 Å². The lowest BCUT2D eigenvalue weighted by Crippen LogP contribution is -2.43. The van der Waals surface area contributed by atoms with Gasteiger partial charge >= 0.3 is 0 Å². The molecule has 1 N–H and O–H groups in total. The van der Waals surface area contributed by atoms with Gasteiger partial charge in [-0.15, -0.1) is 0 Å². The molecule has 31 heavy (non-hydrogen) atoms. The number of fused-ring (bicyclic) bond motifs is 1. The second-order valence-electron chi connectivity index (χ2n) is 6.99. The van der Waals surface area contributed by atoms with Crippen molar-refractivity contribution < 1.29 is 12.8 Å². The minimum Gasteiger partial charge on any atom is -0.321 e. The Balaban J connectivity index is 1.73. The topological polar surface area (TPSA) is 80.1 Å². The summed E-state index contributed by atoms with van der Waals surface area (Å²) in [6.45, 7) is 0.628. The average molecular weight is 435 g/mol. The van der Waals surface area contributed by atoms with Crippen LogP contribution in [0.2, 0.25) is 0 Å². The molecule has 0 fully saturated rings. The molecule has 2 aromatic heterocycles. The number of aromatic nitrogens is 3. The first-order valence-corrected chi connectivity index (χ1v) is 11.1. The number of hydrogen-bond acceptors (Lipinski definition) is 5. The molecule has 0 spiro atoms. The van der Waals surface area contributed by atoms with Gasteiger partial charge in [0.05, 0.1) is 23.7 Å². The number of benzene rings is 2. The standard InChI is InChI=1S/C22H18FN5O2S/c23-18-8-6-16(7-9-18)20-21(17-10-12-24-13-11-17)28-22(26-20)27(15-14-25-28)31(29,30)19-4-2-1-3-5-19/h1-13,25H,14-15H2. The highest BCUT2D eigenvalue weighted by Gasteiger charge is 2.34. The fourth-order valence-corrected chi connectivity index (χ4v) is 5.05. The number of sulfonamides is 1. The predicted octanol–water partition coefficient (Wildman–Crippen LogP) is 3.50. The van der Waals surface area contributed by atoms with Crippen LogP contribution in [0.3, 0.4) is 0 Å². The number of pyridine rings is 1. The van der Waals surface area contributed by atoms with Gasteiger partial charge in [-0.2, -0.15) is 0 Å². The molecule has 0 radical (unpaired) electrons. The summed E-state index contributed by atoms with van der Waals surface area (Å²) >= 11 is 0. The molecule has 9 heteroatoms. The molecule has 2 aromatic carbocycles. The monoisotopic (exact) mass is 435 g/mol. The maximum Gasteiger partial charge on any atom is 0.266 e. The number of imidazole rings is 1. The number of hydrogen-bond donors (Lipinski definition) is 1. The van der Waals surface area contributed by atoms with E-state index >= 15 is 0 Å². The maximum atomic E-state index is 13.5. The Bertz CT molecular complexity index is 1320. The summed E-state index contributed by atoms with van der Waals surface area (Å²) in [6, 6.07) is 17.9. The van der Waals surface area contributed by atoms with Gasteiger partial charge in [-0.1, -0.05) is 18.2 Å². The van der Waals surface area contributed by atoms with E-state index in [1.165, 1.54) is 16.4 Å². The molecule has 0 unspecified atom stereocenters. The first-order valence-electron chi connectivity index (χ1n) is 9.66. The van der Waals surface area contributed by atoms with Crippen LogP contribution < -0.4 is 9.73 Å². The normalized spacial score (nSPS) is 13.5. The third-order valence-corrected chi connectivity index (χ3v) is 6.86. The van der Waals surface area contributed by atoms with Crippen LogP contribution in [-0.2, 0) is 10.0 Å². The summed E-state index contributed by atoms with van der Waals surface area (Å²) in [5, 5.41) is 0. The van der Waals surface area contributed by atoms with E-state index in [4.69, 9.17) is 4.98 Å². The van der Waals surface area contributed by atoms with Crippen molar-refractivity contribution in [2.75, 3.05) is 22.8 Å². The predicted molar refractivity (Wildman–Crippen MR) is 116 cm³/mol. The molecule has 3 heterocycles. The molecule has 7 nitrogen and oxygen atoms in total. The summed E-state index contributed by atoms with van der Waals surface area (Å²) in [4.78, 5) is 8.97. The van der Waals surface area contributed by atoms with Crippen molar-refractivity contribution in [3.63, 3.8) is 0 Å². The highest BCUT2D eigenvalue weighted by atomic mass is 32.2. The molecule has 0 amide bonds. The van der Waals surface area contributed by atoms with Gasteiger partial charge in [0.2, 0.25) is 5.95 Å². The summed E-state index contributed by atoms with van der Waals surface area (Å²) in [5.74, 6) is -0.106. The second-order valence-corrected chi connectivity index (χ2v) is 8.85. The highest BCUT2D eigenvalue weighted by Crippen LogP contribution is 2.37. The Morgan fingerprint density at radius 3 is 2.32 bits per heavy atom. The van der Waals surface area contributed by atoms with Crippen LogP contribution in [-0.4, -0.2) is 36.2 Å². The maximum absolute atomic E-state index is 13.5. The molecule has 0 saturated carbocycles. The largest absolute Gasteiger partial charge is 0.321 e. The van der Waals surface area contributed by atoms with Crippen LogP contribution in [0.1, 0.15) is 0 Å². The average Bonchev–Trinajstić information content (AvgIpc) is 3.20. The van der Waals surface area contributed by atoms with Gasteiger partial charge in [0.25, 0.3) is 10.0 Å². The van der Waals surface area contributed by atoms with E-state index in [0.29, 0.717) is 23.5 Å². The molecular formula is C22H18FN5O2S. The van der Waals surface area contributed by atoms with Crippen molar-refractivity contribution in [3.8, 4) is 22.5 Å². The van der Waals surface area contributed by atoms with E-state index < -0.39 is 10.0 Å². The Hall–Kier alpha value is -3.72. The number of anilines is 1. The lowest BCUT2D eigenvalue weighted by Gasteiger charge is -2.29. The molecule has 1 aliphatic rings. The smallest absolute Gasteiger partial charge is 0.266 e. The molecule has 156 valence electrons. The quantitative estimate of drug-likeness (QED) is 0.531. The van der Waals surface area contributed by atoms with Crippen LogP contribution in [0.5, 0.6) is 0 Å². The lowest BCUT2D eigenvalue weighted by atomic mass is 10.1. The molecule has 0 bridgehead atoms. The Morgan fingerprint density at radius 1 is 0.903 bits per heavy atom. The minimum absolute atomic E-state index is 0.195. The Kier molecular flexibility index (Phi) is 4.67. The van der Waals surface area contributed by atoms with Gasteiger partial charge in [0, 0.05) is 23.5 Å². The van der Waals surface area contributed by atoms with Crippen molar-refractivity contribution in [2.45, 2.75) is 4.90 Å². The third kappa shape index (κ3) is 3.32. The van der Waals surface area contributed by atoms with E-state index in [9.17, 15) is 12.8 Å². The number of halogens is 1. The molecule has 0 atom stereocenters. The van der Waals surface area contributed by atoms with E-state index in [-0.39, 0.29) is 23.2 Å². The van der Waals surface area contributed by atoms with Crippen molar-refractivity contribution in [1.29, 1.82) is 0 Å². The van der Waals surface area contributed by atoms with E-state index in [1.807, 2.05) is 12.1 Å². The van der Waals surface area contributed by atoms with Crippen LogP contribution >= 0.6 is 0 Å². The van der Waals surface area contributed by atoms with Crippen molar-refractivity contribution in [3.05, 3.63) is 84.9 Å². The van der Waals surface area contributed by atoms with Crippen LogP contribution in [0.15, 0.2) is 84.0 Å². The highest BCUT2D eigenvalue weighted by molar-refractivity contribution is 7.92. The minimum atomic E-state index is -3.81. The zero-order chi connectivity index (χ0) is 21.4. The van der Waals surface area contributed by atoms with Crippen molar-refractivity contribution in [2.24, 2.45) is 0 Å². The second kappa shape index (κ2) is 7.51. The molecule has 4 aromatic rings. The summed E-state index contributed by atoms with van der Waals surface area (Å²) in [5.41, 5.74) is 5.94. The zero-order valence-corrected chi connectivity index (χ0v) is 17.1.